The lowest BCUT2D eigenvalue weighted by molar-refractivity contribution is 0.0499. The van der Waals surface area contributed by atoms with Crippen LogP contribution < -0.4 is 15.6 Å². The Morgan fingerprint density at radius 2 is 2.00 bits per heavy atom. The second-order valence-electron chi connectivity index (χ2n) is 9.41. The number of aromatic carboxylic acids is 1. The molecule has 0 radical (unpaired) electrons. The van der Waals surface area contributed by atoms with E-state index < -0.39 is 34.5 Å². The highest BCUT2D eigenvalue weighted by molar-refractivity contribution is 5.92. The van der Waals surface area contributed by atoms with E-state index in [9.17, 15) is 19.5 Å². The largest absolute Gasteiger partial charge is 0.477 e. The van der Waals surface area contributed by atoms with E-state index in [2.05, 4.69) is 10.3 Å². The molecule has 2 fully saturated rings. The highest BCUT2D eigenvalue weighted by Gasteiger charge is 2.30. The lowest BCUT2D eigenvalue weighted by Crippen LogP contribution is -2.49. The Balaban J connectivity index is 1.66. The second kappa shape index (κ2) is 8.07. The molecule has 1 saturated heterocycles. The Morgan fingerprint density at radius 1 is 1.28 bits per heavy atom. The molecule has 10 heteroatoms. The number of piperidine rings is 1. The predicted octanol–water partition coefficient (Wildman–Crippen LogP) is 3.06. The van der Waals surface area contributed by atoms with E-state index in [4.69, 9.17) is 4.74 Å². The SMILES string of the molecule is CC(C)(C)OC(=O)N[C@H]1CCCN(c2nc3c(cc2F)c(=O)c(C(=O)O)cn3C2CC2)C1. The van der Waals surface area contributed by atoms with Crippen molar-refractivity contribution in [2.45, 2.75) is 64.1 Å². The average Bonchev–Trinajstić information content (AvgIpc) is 3.52. The molecule has 0 unspecified atom stereocenters. The molecule has 0 bridgehead atoms. The topological polar surface area (TPSA) is 114 Å². The van der Waals surface area contributed by atoms with E-state index in [0.29, 0.717) is 19.5 Å². The van der Waals surface area contributed by atoms with Crippen molar-refractivity contribution >= 4 is 28.9 Å². The van der Waals surface area contributed by atoms with Crippen molar-refractivity contribution in [1.82, 2.24) is 14.9 Å². The number of carbonyl (C=O) groups is 2. The van der Waals surface area contributed by atoms with E-state index in [-0.39, 0.29) is 28.9 Å². The van der Waals surface area contributed by atoms with Gasteiger partial charge >= 0.3 is 12.1 Å². The first-order valence-electron chi connectivity index (χ1n) is 10.8. The fourth-order valence-corrected chi connectivity index (χ4v) is 4.00. The zero-order valence-electron chi connectivity index (χ0n) is 18.4. The number of carbonyl (C=O) groups excluding carboxylic acids is 1. The van der Waals surface area contributed by atoms with Gasteiger partial charge in [-0.05, 0) is 52.5 Å². The number of nitrogens with zero attached hydrogens (tertiary/aromatic N) is 3. The molecule has 2 aromatic heterocycles. The van der Waals surface area contributed by atoms with E-state index >= 15 is 4.39 Å². The highest BCUT2D eigenvalue weighted by atomic mass is 19.1. The summed E-state index contributed by atoms with van der Waals surface area (Å²) in [6.45, 7) is 6.23. The molecule has 9 nitrogen and oxygen atoms in total. The number of halogens is 1. The quantitative estimate of drug-likeness (QED) is 0.742. The molecule has 172 valence electrons. The van der Waals surface area contributed by atoms with E-state index in [0.717, 1.165) is 25.3 Å². The lowest BCUT2D eigenvalue weighted by Gasteiger charge is -2.34. The third kappa shape index (κ3) is 4.53. The number of nitrogens with one attached hydrogen (secondary N) is 1. The average molecular weight is 446 g/mol. The van der Waals surface area contributed by atoms with Crippen molar-refractivity contribution in [2.75, 3.05) is 18.0 Å². The van der Waals surface area contributed by atoms with Gasteiger partial charge in [0.05, 0.1) is 5.39 Å². The van der Waals surface area contributed by atoms with Crippen molar-refractivity contribution in [1.29, 1.82) is 0 Å². The Morgan fingerprint density at radius 3 is 2.62 bits per heavy atom. The van der Waals surface area contributed by atoms with Crippen LogP contribution >= 0.6 is 0 Å². The molecular formula is C22H27FN4O5. The second-order valence-corrected chi connectivity index (χ2v) is 9.41. The zero-order valence-corrected chi connectivity index (χ0v) is 18.4. The van der Waals surface area contributed by atoms with Crippen molar-refractivity contribution < 1.29 is 23.8 Å². The van der Waals surface area contributed by atoms with Crippen LogP contribution in [0.4, 0.5) is 15.0 Å². The standard InChI is InChI=1S/C22H27FN4O5/c1-22(2,3)32-21(31)24-12-5-4-8-26(10-12)19-16(23)9-14-17(28)15(20(29)30)11-27(13-6-7-13)18(14)25-19/h9,11-13H,4-8,10H2,1-3H3,(H,24,31)(H,29,30)/t12-/m0/s1. The maximum Gasteiger partial charge on any atom is 0.407 e. The Hall–Kier alpha value is -3.17. The Bertz CT molecular complexity index is 1140. The van der Waals surface area contributed by atoms with Crippen LogP contribution in [0.2, 0.25) is 0 Å². The van der Waals surface area contributed by atoms with Gasteiger partial charge in [-0.15, -0.1) is 0 Å². The molecule has 1 amide bonds. The molecule has 1 aliphatic carbocycles. The minimum absolute atomic E-state index is 0.0431. The van der Waals surface area contributed by atoms with Gasteiger partial charge in [0.1, 0.15) is 16.8 Å². The number of fused-ring (bicyclic) bond motifs is 1. The molecule has 2 aliphatic rings. The molecule has 4 rings (SSSR count). The number of hydrogen-bond acceptors (Lipinski definition) is 6. The van der Waals surface area contributed by atoms with E-state index in [1.165, 1.54) is 6.20 Å². The van der Waals surface area contributed by atoms with Crippen LogP contribution in [0.1, 0.15) is 62.9 Å². The molecule has 1 atom stereocenters. The van der Waals surface area contributed by atoms with Crippen LogP contribution in [0.25, 0.3) is 11.0 Å². The molecule has 2 aromatic rings. The number of ether oxygens (including phenoxy) is 1. The maximum absolute atomic E-state index is 15.1. The lowest BCUT2D eigenvalue weighted by atomic mass is 10.1. The van der Waals surface area contributed by atoms with Crippen molar-refractivity contribution in [2.24, 2.45) is 0 Å². The van der Waals surface area contributed by atoms with Crippen molar-refractivity contribution in [3.8, 4) is 0 Å². The van der Waals surface area contributed by atoms with Gasteiger partial charge in [-0.3, -0.25) is 4.79 Å². The number of anilines is 1. The van der Waals surface area contributed by atoms with Gasteiger partial charge in [0, 0.05) is 31.4 Å². The van der Waals surface area contributed by atoms with Gasteiger partial charge < -0.3 is 24.6 Å². The number of aromatic nitrogens is 2. The molecular weight excluding hydrogens is 419 g/mol. The molecule has 0 aromatic carbocycles. The molecule has 32 heavy (non-hydrogen) atoms. The van der Waals surface area contributed by atoms with Crippen LogP contribution in [-0.4, -0.2) is 51.5 Å². The molecule has 1 aliphatic heterocycles. The first-order chi connectivity index (χ1) is 15.0. The Kier molecular flexibility index (Phi) is 5.56. The van der Waals surface area contributed by atoms with Crippen LogP contribution in [-0.2, 0) is 4.74 Å². The molecule has 2 N–H and O–H groups in total. The number of hydrogen-bond donors (Lipinski definition) is 2. The summed E-state index contributed by atoms with van der Waals surface area (Å²) in [6.07, 6.45) is 3.91. The fraction of sp³-hybridized carbons (Fsp3) is 0.545. The summed E-state index contributed by atoms with van der Waals surface area (Å²) >= 11 is 0. The van der Waals surface area contributed by atoms with Gasteiger partial charge in [0.15, 0.2) is 11.6 Å². The minimum atomic E-state index is -1.34. The summed E-state index contributed by atoms with van der Waals surface area (Å²) in [5, 5.41) is 12.2. The summed E-state index contributed by atoms with van der Waals surface area (Å²) in [6, 6.07) is 0.886. The van der Waals surface area contributed by atoms with Crippen LogP contribution in [0, 0.1) is 5.82 Å². The number of rotatable bonds is 4. The van der Waals surface area contributed by atoms with E-state index in [1.807, 2.05) is 0 Å². The summed E-state index contributed by atoms with van der Waals surface area (Å²) in [7, 11) is 0. The van der Waals surface area contributed by atoms with Gasteiger partial charge in [0.25, 0.3) is 0 Å². The monoisotopic (exact) mass is 446 g/mol. The van der Waals surface area contributed by atoms with Crippen LogP contribution in [0.3, 0.4) is 0 Å². The van der Waals surface area contributed by atoms with E-state index in [1.54, 1.807) is 30.2 Å². The summed E-state index contributed by atoms with van der Waals surface area (Å²) < 4.78 is 22.0. The number of amides is 1. The van der Waals surface area contributed by atoms with Crippen LogP contribution in [0.15, 0.2) is 17.1 Å². The minimum Gasteiger partial charge on any atom is -0.477 e. The molecule has 0 spiro atoms. The zero-order chi connectivity index (χ0) is 23.2. The summed E-state index contributed by atoms with van der Waals surface area (Å²) in [4.78, 5) is 42.5. The van der Waals surface area contributed by atoms with Gasteiger partial charge in [-0.25, -0.2) is 19.0 Å². The first kappa shape index (κ1) is 22.0. The number of carboxylic acid groups (broad SMARTS) is 1. The Labute approximate surface area is 184 Å². The van der Waals surface area contributed by atoms with Gasteiger partial charge in [0.2, 0.25) is 5.43 Å². The fourth-order valence-electron chi connectivity index (χ4n) is 4.00. The molecule has 1 saturated carbocycles. The summed E-state index contributed by atoms with van der Waals surface area (Å²) in [5.74, 6) is -1.95. The third-order valence-electron chi connectivity index (χ3n) is 5.55. The smallest absolute Gasteiger partial charge is 0.407 e. The first-order valence-corrected chi connectivity index (χ1v) is 10.8. The van der Waals surface area contributed by atoms with Gasteiger partial charge in [-0.1, -0.05) is 0 Å². The molecule has 3 heterocycles. The number of alkyl carbamates (subject to hydrolysis) is 1. The maximum atomic E-state index is 15.1. The van der Waals surface area contributed by atoms with Crippen LogP contribution in [0.5, 0.6) is 0 Å². The number of pyridine rings is 2. The highest BCUT2D eigenvalue weighted by Crippen LogP contribution is 2.37. The third-order valence-corrected chi connectivity index (χ3v) is 5.55. The predicted molar refractivity (Wildman–Crippen MR) is 116 cm³/mol. The number of carboxylic acids is 1. The normalized spacial score (nSPS) is 19.1. The summed E-state index contributed by atoms with van der Waals surface area (Å²) in [5.41, 5.74) is -1.48. The van der Waals surface area contributed by atoms with Gasteiger partial charge in [-0.2, -0.15) is 0 Å². The van der Waals surface area contributed by atoms with Crippen molar-refractivity contribution in [3.63, 3.8) is 0 Å². The van der Waals surface area contributed by atoms with Crippen molar-refractivity contribution in [3.05, 3.63) is 33.9 Å².